The van der Waals surface area contributed by atoms with Crippen LogP contribution in [0.15, 0.2) is 24.3 Å². The SMILES string of the molecule is C=C(CCC[N+](C)(C)CCCCC)C(C)(C)CC(C)(CC(C)(CC)C(=O)CCc1cc(C)c(C)c(C)c1)C(=O)CCCOC.[CH3-]. The standard InChI is InChI=1S/C40H70NO3.CH3/c1-14-16-17-24-41(11,12)25-18-20-33(5)38(7,8)29-40(10,36(42)21-19-26-44-13)30-39(9,15-2)37(43)23-22-35-27-31(3)34(6)32(4)28-35;/h27-28H,5,14-26,29-30H2,1-4,6-13H3;1H3/q+1;-1. The van der Waals surface area contributed by atoms with Gasteiger partial charge in [0.05, 0.1) is 27.2 Å². The second kappa shape index (κ2) is 19.1. The van der Waals surface area contributed by atoms with Gasteiger partial charge in [-0.2, -0.15) is 0 Å². The lowest BCUT2D eigenvalue weighted by Crippen LogP contribution is -2.42. The minimum absolute atomic E-state index is 0. The van der Waals surface area contributed by atoms with Crippen molar-refractivity contribution in [1.29, 1.82) is 0 Å². The zero-order chi connectivity index (χ0) is 33.8. The molecule has 0 saturated carbocycles. The molecule has 0 heterocycles. The Kier molecular flexibility index (Phi) is 18.4. The maximum Gasteiger partial charge on any atom is 0.139 e. The van der Waals surface area contributed by atoms with Crippen LogP contribution in [0.25, 0.3) is 0 Å². The second-order valence-corrected chi connectivity index (χ2v) is 15.8. The number of hydrogen-bond acceptors (Lipinski definition) is 3. The van der Waals surface area contributed by atoms with Gasteiger partial charge >= 0.3 is 0 Å². The normalized spacial score (nSPS) is 14.8. The topological polar surface area (TPSA) is 43.4 Å². The Morgan fingerprint density at radius 1 is 0.800 bits per heavy atom. The number of rotatable bonds is 23. The number of quaternary nitrogens is 1. The third kappa shape index (κ3) is 13.9. The Balaban J connectivity index is 0.0000194. The highest BCUT2D eigenvalue weighted by Gasteiger charge is 2.45. The van der Waals surface area contributed by atoms with E-state index in [1.807, 2.05) is 0 Å². The molecule has 4 heteroatoms. The summed E-state index contributed by atoms with van der Waals surface area (Å²) in [7, 11) is 6.36. The summed E-state index contributed by atoms with van der Waals surface area (Å²) in [6.45, 7) is 27.0. The lowest BCUT2D eigenvalue weighted by Gasteiger charge is -2.43. The first-order valence-electron chi connectivity index (χ1n) is 17.5. The van der Waals surface area contributed by atoms with E-state index in [-0.39, 0.29) is 24.4 Å². The van der Waals surface area contributed by atoms with Crippen molar-refractivity contribution in [3.63, 3.8) is 0 Å². The number of hydrogen-bond donors (Lipinski definition) is 0. The predicted octanol–water partition coefficient (Wildman–Crippen LogP) is 10.4. The van der Waals surface area contributed by atoms with Crippen molar-refractivity contribution in [3.8, 4) is 0 Å². The number of benzene rings is 1. The number of allylic oxidation sites excluding steroid dienone is 1. The van der Waals surface area contributed by atoms with E-state index < -0.39 is 10.8 Å². The lowest BCUT2D eigenvalue weighted by atomic mass is 9.60. The van der Waals surface area contributed by atoms with Crippen LogP contribution >= 0.6 is 0 Å². The summed E-state index contributed by atoms with van der Waals surface area (Å²) in [5.74, 6) is 0.521. The minimum atomic E-state index is -0.618. The third-order valence-corrected chi connectivity index (χ3v) is 10.7. The van der Waals surface area contributed by atoms with Gasteiger partial charge in [-0.05, 0) is 99.8 Å². The van der Waals surface area contributed by atoms with Gasteiger partial charge in [0.25, 0.3) is 0 Å². The largest absolute Gasteiger partial charge is 0.385 e. The van der Waals surface area contributed by atoms with Crippen LogP contribution in [0, 0.1) is 44.4 Å². The highest BCUT2D eigenvalue weighted by molar-refractivity contribution is 5.88. The van der Waals surface area contributed by atoms with Crippen LogP contribution in [0.4, 0.5) is 0 Å². The summed E-state index contributed by atoms with van der Waals surface area (Å²) >= 11 is 0. The fourth-order valence-corrected chi connectivity index (χ4v) is 7.11. The van der Waals surface area contributed by atoms with Crippen molar-refractivity contribution in [1.82, 2.24) is 0 Å². The maximum absolute atomic E-state index is 14.0. The Labute approximate surface area is 280 Å². The van der Waals surface area contributed by atoms with Crippen molar-refractivity contribution >= 4 is 11.6 Å². The molecule has 1 aromatic rings. The van der Waals surface area contributed by atoms with Gasteiger partial charge in [0.1, 0.15) is 11.6 Å². The molecule has 0 bridgehead atoms. The number of carbonyl (C=O) groups is 2. The first-order valence-corrected chi connectivity index (χ1v) is 17.5. The van der Waals surface area contributed by atoms with Crippen LogP contribution in [0.5, 0.6) is 0 Å². The second-order valence-electron chi connectivity index (χ2n) is 15.8. The maximum atomic E-state index is 14.0. The molecule has 0 saturated heterocycles. The zero-order valence-corrected chi connectivity index (χ0v) is 32.1. The van der Waals surface area contributed by atoms with E-state index in [0.717, 1.165) is 36.7 Å². The summed E-state index contributed by atoms with van der Waals surface area (Å²) in [6.07, 6.45) is 10.3. The summed E-state index contributed by atoms with van der Waals surface area (Å²) in [4.78, 5) is 28.0. The molecule has 0 amide bonds. The van der Waals surface area contributed by atoms with E-state index in [0.29, 0.717) is 38.7 Å². The quantitative estimate of drug-likeness (QED) is 0.0525. The molecule has 0 fully saturated rings. The van der Waals surface area contributed by atoms with E-state index in [1.165, 1.54) is 53.6 Å². The third-order valence-electron chi connectivity index (χ3n) is 10.7. The molecule has 0 aliphatic heterocycles. The summed E-state index contributed by atoms with van der Waals surface area (Å²) in [5.41, 5.74) is 4.94. The van der Waals surface area contributed by atoms with Gasteiger partial charge in [0.15, 0.2) is 0 Å². The number of nitrogens with zero attached hydrogens (tertiary/aromatic N) is 1. The van der Waals surface area contributed by atoms with E-state index in [9.17, 15) is 9.59 Å². The number of Topliss-reactive ketones (excluding diaryl/α,β-unsaturated/α-hetero) is 2. The molecule has 4 nitrogen and oxygen atoms in total. The average Bonchev–Trinajstić information content (AvgIpc) is 2.93. The Morgan fingerprint density at radius 3 is 1.89 bits per heavy atom. The Bertz CT molecular complexity index is 1060. The number of aryl methyl sites for hydroxylation is 3. The van der Waals surface area contributed by atoms with Gasteiger partial charge in [-0.25, -0.2) is 0 Å². The number of ether oxygens (including phenoxy) is 1. The fourth-order valence-electron chi connectivity index (χ4n) is 7.11. The predicted molar refractivity (Wildman–Crippen MR) is 196 cm³/mol. The van der Waals surface area contributed by atoms with Gasteiger partial charge < -0.3 is 16.6 Å². The first-order chi connectivity index (χ1) is 20.4. The molecule has 1 aromatic carbocycles. The molecule has 1 rings (SSSR count). The van der Waals surface area contributed by atoms with Crippen molar-refractivity contribution in [3.05, 3.63) is 54.0 Å². The molecular weight excluding hydrogens is 554 g/mol. The van der Waals surface area contributed by atoms with Crippen LogP contribution < -0.4 is 0 Å². The zero-order valence-electron chi connectivity index (χ0n) is 32.1. The van der Waals surface area contributed by atoms with E-state index >= 15 is 0 Å². The Hall–Kier alpha value is -1.78. The average molecular weight is 628 g/mol. The van der Waals surface area contributed by atoms with Gasteiger partial charge in [-0.1, -0.05) is 72.2 Å². The Morgan fingerprint density at radius 2 is 1.36 bits per heavy atom. The molecular formula is C41H73NO3. The number of ketones is 2. The number of methoxy groups -OCH3 is 1. The van der Waals surface area contributed by atoms with Gasteiger partial charge in [-0.3, -0.25) is 9.59 Å². The van der Waals surface area contributed by atoms with E-state index in [4.69, 9.17) is 4.74 Å². The smallest absolute Gasteiger partial charge is 0.139 e. The highest BCUT2D eigenvalue weighted by atomic mass is 16.5. The van der Waals surface area contributed by atoms with E-state index in [2.05, 4.69) is 95.1 Å². The molecule has 260 valence electrons. The van der Waals surface area contributed by atoms with Crippen molar-refractivity contribution < 1.29 is 18.8 Å². The van der Waals surface area contributed by atoms with Gasteiger partial charge in [0.2, 0.25) is 0 Å². The van der Waals surface area contributed by atoms with Crippen LogP contribution in [0.1, 0.15) is 134 Å². The van der Waals surface area contributed by atoms with E-state index in [1.54, 1.807) is 7.11 Å². The van der Waals surface area contributed by atoms with Crippen molar-refractivity contribution in [2.45, 2.75) is 139 Å². The molecule has 0 radical (unpaired) electrons. The molecule has 2 atom stereocenters. The van der Waals surface area contributed by atoms with Crippen LogP contribution in [-0.2, 0) is 20.7 Å². The molecule has 45 heavy (non-hydrogen) atoms. The van der Waals surface area contributed by atoms with Crippen molar-refractivity contribution in [2.75, 3.05) is 40.9 Å². The lowest BCUT2D eigenvalue weighted by molar-refractivity contribution is -0.890. The molecule has 0 aliphatic rings. The minimum Gasteiger partial charge on any atom is -0.385 e. The van der Waals surface area contributed by atoms with Gasteiger partial charge in [0, 0.05) is 43.8 Å². The summed E-state index contributed by atoms with van der Waals surface area (Å²) in [6, 6.07) is 4.45. The number of carbonyl (C=O) groups excluding carboxylic acids is 2. The van der Waals surface area contributed by atoms with Crippen LogP contribution in [-0.4, -0.2) is 57.0 Å². The number of unbranched alkanes of at least 4 members (excludes halogenated alkanes) is 2. The fraction of sp³-hybridized carbons (Fsp3) is 0.732. The van der Waals surface area contributed by atoms with Crippen LogP contribution in [0.2, 0.25) is 0 Å². The molecule has 0 aromatic heterocycles. The van der Waals surface area contributed by atoms with Crippen molar-refractivity contribution in [2.24, 2.45) is 16.2 Å². The monoisotopic (exact) mass is 628 g/mol. The molecule has 0 N–H and O–H groups in total. The molecule has 0 spiro atoms. The van der Waals surface area contributed by atoms with Crippen LogP contribution in [0.3, 0.4) is 0 Å². The molecule has 2 unspecified atom stereocenters. The first kappa shape index (κ1) is 43.2. The highest BCUT2D eigenvalue weighted by Crippen LogP contribution is 2.48. The molecule has 0 aliphatic carbocycles. The van der Waals surface area contributed by atoms with Gasteiger partial charge in [-0.15, -0.1) is 0 Å². The summed E-state index contributed by atoms with van der Waals surface area (Å²) < 4.78 is 6.33. The summed E-state index contributed by atoms with van der Waals surface area (Å²) in [5, 5.41) is 0.